The van der Waals surface area contributed by atoms with E-state index in [0.717, 1.165) is 28.4 Å². The third-order valence-electron chi connectivity index (χ3n) is 3.84. The Balaban J connectivity index is 1.59. The minimum absolute atomic E-state index is 0.0427. The van der Waals surface area contributed by atoms with Gasteiger partial charge in [0.25, 0.3) is 0 Å². The van der Waals surface area contributed by atoms with Crippen molar-refractivity contribution < 1.29 is 4.79 Å². The fraction of sp³-hybridized carbons (Fsp3) is 0.375. The van der Waals surface area contributed by atoms with Gasteiger partial charge in [-0.2, -0.15) is 0 Å². The molecule has 0 aliphatic carbocycles. The van der Waals surface area contributed by atoms with Crippen molar-refractivity contribution in [2.24, 2.45) is 0 Å². The second kappa shape index (κ2) is 6.67. The topological polar surface area (TPSA) is 45.2 Å². The van der Waals surface area contributed by atoms with E-state index in [0.29, 0.717) is 19.6 Å². The van der Waals surface area contributed by atoms with Crippen LogP contribution < -0.4 is 5.32 Å². The molecule has 0 radical (unpaired) electrons. The Bertz CT molecular complexity index is 686. The largest absolute Gasteiger partial charge is 0.331 e. The van der Waals surface area contributed by atoms with Crippen molar-refractivity contribution in [3.63, 3.8) is 0 Å². The van der Waals surface area contributed by atoms with Crippen LogP contribution >= 0.6 is 22.9 Å². The number of nitrogens with zero attached hydrogens (tertiary/aromatic N) is 2. The smallest absolute Gasteiger partial charge is 0.318 e. The van der Waals surface area contributed by atoms with Crippen LogP contribution in [0.3, 0.4) is 0 Å². The zero-order chi connectivity index (χ0) is 15.5. The van der Waals surface area contributed by atoms with Gasteiger partial charge in [0.05, 0.1) is 6.54 Å². The van der Waals surface area contributed by atoms with E-state index in [4.69, 9.17) is 11.6 Å². The summed E-state index contributed by atoms with van der Waals surface area (Å²) in [5.41, 5.74) is 2.30. The maximum atomic E-state index is 12.3. The molecule has 1 aromatic heterocycles. The average Bonchev–Trinajstić information content (AvgIpc) is 3.00. The number of halogens is 1. The standard InChI is InChI=1S/C16H18ClN3OS/c1-2-12-8-18-15(22-12)9-19-16(21)20-7-6-13-11(10-20)4-3-5-14(13)17/h3-5,8H,2,6-7,9-10H2,1H3,(H,19,21). The van der Waals surface area contributed by atoms with E-state index in [2.05, 4.69) is 17.2 Å². The highest BCUT2D eigenvalue weighted by molar-refractivity contribution is 7.11. The van der Waals surface area contributed by atoms with Gasteiger partial charge in [0.2, 0.25) is 0 Å². The summed E-state index contributed by atoms with van der Waals surface area (Å²) >= 11 is 7.85. The number of aromatic nitrogens is 1. The summed E-state index contributed by atoms with van der Waals surface area (Å²) in [5.74, 6) is 0. The van der Waals surface area contributed by atoms with E-state index in [1.165, 1.54) is 10.4 Å². The third kappa shape index (κ3) is 3.25. The van der Waals surface area contributed by atoms with Gasteiger partial charge in [-0.1, -0.05) is 30.7 Å². The van der Waals surface area contributed by atoms with E-state index in [9.17, 15) is 4.79 Å². The van der Waals surface area contributed by atoms with Crippen LogP contribution in [-0.4, -0.2) is 22.5 Å². The molecule has 3 rings (SSSR count). The number of nitrogens with one attached hydrogen (secondary N) is 1. The zero-order valence-corrected chi connectivity index (χ0v) is 14.0. The van der Waals surface area contributed by atoms with Crippen molar-refractivity contribution in [1.29, 1.82) is 0 Å². The van der Waals surface area contributed by atoms with Gasteiger partial charge < -0.3 is 10.2 Å². The average molecular weight is 336 g/mol. The number of thiazole rings is 1. The van der Waals surface area contributed by atoms with Crippen LogP contribution in [0.1, 0.15) is 27.9 Å². The fourth-order valence-electron chi connectivity index (χ4n) is 2.59. The van der Waals surface area contributed by atoms with Gasteiger partial charge in [0, 0.05) is 29.2 Å². The molecule has 0 spiro atoms. The predicted molar refractivity (Wildman–Crippen MR) is 89.3 cm³/mol. The number of fused-ring (bicyclic) bond motifs is 1. The fourth-order valence-corrected chi connectivity index (χ4v) is 3.68. The number of amides is 2. The van der Waals surface area contributed by atoms with Crippen LogP contribution in [0.4, 0.5) is 4.79 Å². The Kier molecular flexibility index (Phi) is 4.64. The second-order valence-corrected chi connectivity index (χ2v) is 6.89. The first-order valence-electron chi connectivity index (χ1n) is 7.40. The molecule has 1 N–H and O–H groups in total. The van der Waals surface area contributed by atoms with Crippen LogP contribution in [0, 0.1) is 0 Å². The van der Waals surface area contributed by atoms with Gasteiger partial charge in [-0.25, -0.2) is 9.78 Å². The van der Waals surface area contributed by atoms with Gasteiger partial charge >= 0.3 is 6.03 Å². The van der Waals surface area contributed by atoms with Gasteiger partial charge in [-0.3, -0.25) is 0 Å². The van der Waals surface area contributed by atoms with Gasteiger partial charge in [0.15, 0.2) is 0 Å². The monoisotopic (exact) mass is 335 g/mol. The molecule has 2 amide bonds. The number of carbonyl (C=O) groups is 1. The van der Waals surface area contributed by atoms with E-state index in [-0.39, 0.29) is 6.03 Å². The van der Waals surface area contributed by atoms with Crippen molar-refractivity contribution in [3.05, 3.63) is 50.4 Å². The Morgan fingerprint density at radius 3 is 3.14 bits per heavy atom. The molecule has 1 aliphatic heterocycles. The highest BCUT2D eigenvalue weighted by Crippen LogP contribution is 2.25. The molecule has 2 aromatic rings. The lowest BCUT2D eigenvalue weighted by Crippen LogP contribution is -2.42. The summed E-state index contributed by atoms with van der Waals surface area (Å²) in [4.78, 5) is 19.7. The predicted octanol–water partition coefficient (Wildman–Crippen LogP) is 3.63. The van der Waals surface area contributed by atoms with Crippen molar-refractivity contribution in [2.45, 2.75) is 32.9 Å². The maximum absolute atomic E-state index is 12.3. The summed E-state index contributed by atoms with van der Waals surface area (Å²) in [6.45, 7) is 3.90. The summed E-state index contributed by atoms with van der Waals surface area (Å²) < 4.78 is 0. The van der Waals surface area contributed by atoms with Crippen LogP contribution in [-0.2, 0) is 25.9 Å². The number of hydrogen-bond acceptors (Lipinski definition) is 3. The molecular weight excluding hydrogens is 318 g/mol. The highest BCUT2D eigenvalue weighted by atomic mass is 35.5. The number of benzene rings is 1. The molecule has 0 atom stereocenters. The van der Waals surface area contributed by atoms with Crippen molar-refractivity contribution in [1.82, 2.24) is 15.2 Å². The maximum Gasteiger partial charge on any atom is 0.318 e. The lowest BCUT2D eigenvalue weighted by Gasteiger charge is -2.29. The molecule has 4 nitrogen and oxygen atoms in total. The van der Waals surface area contributed by atoms with E-state index in [1.54, 1.807) is 11.3 Å². The molecule has 0 saturated carbocycles. The molecule has 1 aliphatic rings. The number of carbonyl (C=O) groups excluding carboxylic acids is 1. The Hall–Kier alpha value is -1.59. The molecular formula is C16H18ClN3OS. The van der Waals surface area contributed by atoms with Crippen LogP contribution in [0.15, 0.2) is 24.4 Å². The van der Waals surface area contributed by atoms with Crippen molar-refractivity contribution >= 4 is 29.0 Å². The Morgan fingerprint density at radius 1 is 1.50 bits per heavy atom. The van der Waals surface area contributed by atoms with E-state index < -0.39 is 0 Å². The molecule has 0 bridgehead atoms. The minimum Gasteiger partial charge on any atom is -0.331 e. The Morgan fingerprint density at radius 2 is 2.36 bits per heavy atom. The van der Waals surface area contributed by atoms with Crippen LogP contribution in [0.2, 0.25) is 5.02 Å². The number of aryl methyl sites for hydroxylation is 1. The lowest BCUT2D eigenvalue weighted by atomic mass is 10.00. The number of rotatable bonds is 3. The zero-order valence-electron chi connectivity index (χ0n) is 12.4. The molecule has 2 heterocycles. The molecule has 116 valence electrons. The third-order valence-corrected chi connectivity index (χ3v) is 5.33. The SMILES string of the molecule is CCc1cnc(CNC(=O)N2CCc3c(Cl)cccc3C2)s1. The summed E-state index contributed by atoms with van der Waals surface area (Å²) in [6.07, 6.45) is 3.67. The summed E-state index contributed by atoms with van der Waals surface area (Å²) in [5, 5.41) is 4.70. The number of urea groups is 1. The van der Waals surface area contributed by atoms with E-state index in [1.807, 2.05) is 29.3 Å². The first-order valence-corrected chi connectivity index (χ1v) is 8.59. The molecule has 1 aromatic carbocycles. The van der Waals surface area contributed by atoms with Crippen LogP contribution in [0.25, 0.3) is 0 Å². The molecule has 0 unspecified atom stereocenters. The normalized spacial score (nSPS) is 13.8. The van der Waals surface area contributed by atoms with Crippen molar-refractivity contribution in [2.75, 3.05) is 6.54 Å². The quantitative estimate of drug-likeness (QED) is 0.931. The molecule has 6 heteroatoms. The van der Waals surface area contributed by atoms with Gasteiger partial charge in [-0.15, -0.1) is 11.3 Å². The summed E-state index contributed by atoms with van der Waals surface area (Å²) in [6, 6.07) is 5.84. The first-order chi connectivity index (χ1) is 10.7. The molecule has 0 saturated heterocycles. The second-order valence-electron chi connectivity index (χ2n) is 5.28. The van der Waals surface area contributed by atoms with Gasteiger partial charge in [-0.05, 0) is 30.0 Å². The number of hydrogen-bond donors (Lipinski definition) is 1. The first kappa shape index (κ1) is 15.3. The molecule has 0 fully saturated rings. The molecule has 22 heavy (non-hydrogen) atoms. The highest BCUT2D eigenvalue weighted by Gasteiger charge is 2.21. The van der Waals surface area contributed by atoms with Crippen molar-refractivity contribution in [3.8, 4) is 0 Å². The van der Waals surface area contributed by atoms with Gasteiger partial charge in [0.1, 0.15) is 5.01 Å². The Labute approximate surface area is 139 Å². The summed E-state index contributed by atoms with van der Waals surface area (Å²) in [7, 11) is 0. The lowest BCUT2D eigenvalue weighted by molar-refractivity contribution is 0.192. The minimum atomic E-state index is -0.0427. The van der Waals surface area contributed by atoms with E-state index >= 15 is 0 Å². The van der Waals surface area contributed by atoms with Crippen LogP contribution in [0.5, 0.6) is 0 Å².